The molecular formula is C37H50N4O9S. The van der Waals surface area contributed by atoms with E-state index in [4.69, 9.17) is 18.9 Å². The van der Waals surface area contributed by atoms with E-state index in [0.29, 0.717) is 41.7 Å². The van der Waals surface area contributed by atoms with Gasteiger partial charge in [-0.3, -0.25) is 4.79 Å². The molecular weight excluding hydrogens is 676 g/mol. The van der Waals surface area contributed by atoms with Crippen molar-refractivity contribution >= 4 is 33.3 Å². The SMILES string of the molecule is COc1ccc(NC(=O)Nc2ccc3c(c2)C(=O)N([C@H](C)CO)C[C@@H](C)[C@H](CN(C)S(=O)(=O)c2ccc(OC)cc2)OCCCC[C@H](C)O3)cc1. The molecule has 3 amide bonds. The van der Waals surface area contributed by atoms with Crippen LogP contribution in [0, 0.1) is 5.92 Å². The number of nitrogens with zero attached hydrogens (tertiary/aromatic N) is 2. The molecule has 4 atom stereocenters. The molecule has 0 spiro atoms. The number of ether oxygens (including phenoxy) is 4. The zero-order chi connectivity index (χ0) is 37.1. The predicted octanol–water partition coefficient (Wildman–Crippen LogP) is 5.46. The number of hydrogen-bond acceptors (Lipinski definition) is 9. The second-order valence-corrected chi connectivity index (χ2v) is 14.8. The number of carbonyl (C=O) groups excluding carboxylic acids is 2. The number of carbonyl (C=O) groups is 2. The first-order valence-corrected chi connectivity index (χ1v) is 18.5. The number of fused-ring (bicyclic) bond motifs is 1. The van der Waals surface area contributed by atoms with Gasteiger partial charge in [-0.1, -0.05) is 6.92 Å². The molecule has 0 unspecified atom stereocenters. The number of benzene rings is 3. The Morgan fingerprint density at radius 3 is 2.22 bits per heavy atom. The largest absolute Gasteiger partial charge is 0.497 e. The third kappa shape index (κ3) is 10.6. The second kappa shape index (κ2) is 18.2. The Hall–Kier alpha value is -4.37. The van der Waals surface area contributed by atoms with Gasteiger partial charge >= 0.3 is 6.03 Å². The highest BCUT2D eigenvalue weighted by atomic mass is 32.2. The maximum atomic E-state index is 14.4. The van der Waals surface area contributed by atoms with E-state index in [2.05, 4.69) is 10.6 Å². The molecule has 0 radical (unpaired) electrons. The van der Waals surface area contributed by atoms with Crippen LogP contribution in [0.2, 0.25) is 0 Å². The van der Waals surface area contributed by atoms with Gasteiger partial charge in [-0.05, 0) is 99.8 Å². The molecule has 3 N–H and O–H groups in total. The van der Waals surface area contributed by atoms with Crippen molar-refractivity contribution in [3.05, 3.63) is 72.3 Å². The summed E-state index contributed by atoms with van der Waals surface area (Å²) in [6.07, 6.45) is 1.38. The lowest BCUT2D eigenvalue weighted by molar-refractivity contribution is -0.00834. The average Bonchev–Trinajstić information content (AvgIpc) is 3.12. The Morgan fingerprint density at radius 1 is 0.980 bits per heavy atom. The molecule has 1 aliphatic rings. The standard InChI is InChI=1S/C37H50N4O9S/c1-25-22-41(26(2)24-42)36(43)33-21-29(39-37(44)38-28-10-13-30(47-5)14-11-28)12-19-34(33)50-27(3)9-7-8-20-49-35(25)23-40(4)51(45,46)32-17-15-31(48-6)16-18-32/h10-19,21,25-27,35,42H,7-9,20,22-24H2,1-6H3,(H2,38,39,44)/t25-,26-,27+,35+/m1/s1. The summed E-state index contributed by atoms with van der Waals surface area (Å²) in [4.78, 5) is 29.0. The maximum Gasteiger partial charge on any atom is 0.323 e. The summed E-state index contributed by atoms with van der Waals surface area (Å²) in [6, 6.07) is 16.8. The number of anilines is 2. The van der Waals surface area contributed by atoms with Gasteiger partial charge in [0.2, 0.25) is 10.0 Å². The molecule has 1 aliphatic heterocycles. The minimum Gasteiger partial charge on any atom is -0.497 e. The van der Waals surface area contributed by atoms with Crippen molar-refractivity contribution in [1.82, 2.24) is 9.21 Å². The molecule has 3 aromatic rings. The van der Waals surface area contributed by atoms with Crippen LogP contribution in [0.25, 0.3) is 0 Å². The number of sulfonamides is 1. The number of hydrogen-bond donors (Lipinski definition) is 3. The number of rotatable bonds is 10. The summed E-state index contributed by atoms with van der Waals surface area (Å²) < 4.78 is 51.3. The maximum absolute atomic E-state index is 14.4. The molecule has 0 fully saturated rings. The highest BCUT2D eigenvalue weighted by molar-refractivity contribution is 7.89. The van der Waals surface area contributed by atoms with Crippen molar-refractivity contribution in [3.8, 4) is 17.2 Å². The number of methoxy groups -OCH3 is 2. The lowest BCUT2D eigenvalue weighted by Gasteiger charge is -2.35. The normalized spacial score (nSPS) is 19.6. The average molecular weight is 727 g/mol. The summed E-state index contributed by atoms with van der Waals surface area (Å²) in [5, 5.41) is 15.8. The lowest BCUT2D eigenvalue weighted by atomic mass is 10.0. The minimum absolute atomic E-state index is 0.0402. The molecule has 0 bridgehead atoms. The number of nitrogens with one attached hydrogen (secondary N) is 2. The fourth-order valence-corrected chi connectivity index (χ4v) is 6.89. The number of amides is 3. The van der Waals surface area contributed by atoms with Gasteiger partial charge in [0.05, 0.1) is 49.5 Å². The monoisotopic (exact) mass is 726 g/mol. The van der Waals surface area contributed by atoms with E-state index >= 15 is 0 Å². The van der Waals surface area contributed by atoms with Gasteiger partial charge < -0.3 is 39.6 Å². The van der Waals surface area contributed by atoms with Gasteiger partial charge in [-0.2, -0.15) is 4.31 Å². The van der Waals surface area contributed by atoms with Crippen molar-refractivity contribution in [1.29, 1.82) is 0 Å². The van der Waals surface area contributed by atoms with E-state index in [1.165, 1.54) is 30.6 Å². The van der Waals surface area contributed by atoms with Gasteiger partial charge in [-0.15, -0.1) is 0 Å². The van der Waals surface area contributed by atoms with Crippen LogP contribution in [-0.4, -0.2) is 100 Å². The molecule has 13 nitrogen and oxygen atoms in total. The first-order valence-electron chi connectivity index (χ1n) is 17.0. The Kier molecular flexibility index (Phi) is 14.1. The van der Waals surface area contributed by atoms with Crippen LogP contribution in [0.5, 0.6) is 17.2 Å². The van der Waals surface area contributed by atoms with Crippen LogP contribution in [0.3, 0.4) is 0 Å². The van der Waals surface area contributed by atoms with E-state index in [9.17, 15) is 23.1 Å². The van der Waals surface area contributed by atoms with Crippen LogP contribution in [0.4, 0.5) is 16.2 Å². The van der Waals surface area contributed by atoms with Crippen molar-refractivity contribution in [2.75, 3.05) is 58.2 Å². The predicted molar refractivity (Wildman–Crippen MR) is 195 cm³/mol. The quantitative estimate of drug-likeness (QED) is 0.247. The summed E-state index contributed by atoms with van der Waals surface area (Å²) in [5.74, 6) is 0.786. The highest BCUT2D eigenvalue weighted by Crippen LogP contribution is 2.29. The van der Waals surface area contributed by atoms with Crippen molar-refractivity contribution in [2.45, 2.75) is 63.2 Å². The zero-order valence-corrected chi connectivity index (χ0v) is 30.9. The third-order valence-corrected chi connectivity index (χ3v) is 10.7. The van der Waals surface area contributed by atoms with Crippen molar-refractivity contribution in [2.24, 2.45) is 5.92 Å². The molecule has 14 heteroatoms. The molecule has 0 aromatic heterocycles. The summed E-state index contributed by atoms with van der Waals surface area (Å²) in [6.45, 7) is 5.82. The molecule has 4 rings (SSSR count). The van der Waals surface area contributed by atoms with E-state index in [1.807, 2.05) is 13.8 Å². The minimum atomic E-state index is -3.86. The van der Waals surface area contributed by atoms with Crippen LogP contribution in [-0.2, 0) is 14.8 Å². The zero-order valence-electron chi connectivity index (χ0n) is 30.1. The van der Waals surface area contributed by atoms with Gasteiger partial charge in [0.1, 0.15) is 17.2 Å². The molecule has 0 saturated heterocycles. The Bertz CT molecular complexity index is 1700. The Balaban J connectivity index is 1.61. The lowest BCUT2D eigenvalue weighted by Crippen LogP contribution is -2.48. The fourth-order valence-electron chi connectivity index (χ4n) is 5.71. The number of urea groups is 1. The van der Waals surface area contributed by atoms with Crippen LogP contribution in [0.15, 0.2) is 71.6 Å². The second-order valence-electron chi connectivity index (χ2n) is 12.8. The molecule has 0 aliphatic carbocycles. The molecule has 0 saturated carbocycles. The van der Waals surface area contributed by atoms with E-state index in [0.717, 1.165) is 12.8 Å². The topological polar surface area (TPSA) is 156 Å². The Morgan fingerprint density at radius 2 is 1.59 bits per heavy atom. The van der Waals surface area contributed by atoms with E-state index in [1.54, 1.807) is 73.5 Å². The van der Waals surface area contributed by atoms with Gasteiger partial charge in [0.25, 0.3) is 5.91 Å². The molecule has 3 aromatic carbocycles. The highest BCUT2D eigenvalue weighted by Gasteiger charge is 2.32. The number of aliphatic hydroxyl groups is 1. The number of likely N-dealkylation sites (N-methyl/N-ethyl adjacent to an activating group) is 1. The Labute approximate surface area is 300 Å². The van der Waals surface area contributed by atoms with Crippen LogP contribution in [0.1, 0.15) is 50.4 Å². The van der Waals surface area contributed by atoms with Crippen molar-refractivity contribution in [3.63, 3.8) is 0 Å². The molecule has 1 heterocycles. The van der Waals surface area contributed by atoms with Gasteiger partial charge in [0, 0.05) is 44.0 Å². The molecule has 278 valence electrons. The van der Waals surface area contributed by atoms with Crippen LogP contribution < -0.4 is 24.8 Å². The summed E-state index contributed by atoms with van der Waals surface area (Å²) >= 11 is 0. The van der Waals surface area contributed by atoms with Gasteiger partial charge in [-0.25, -0.2) is 13.2 Å². The van der Waals surface area contributed by atoms with Gasteiger partial charge in [0.15, 0.2) is 0 Å². The summed E-state index contributed by atoms with van der Waals surface area (Å²) in [7, 11) is 0.718. The van der Waals surface area contributed by atoms with Crippen LogP contribution >= 0.6 is 0 Å². The first kappa shape index (κ1) is 39.4. The first-order chi connectivity index (χ1) is 24.4. The smallest absolute Gasteiger partial charge is 0.323 e. The van der Waals surface area contributed by atoms with Crippen molar-refractivity contribution < 1.29 is 42.1 Å². The number of aliphatic hydroxyl groups excluding tert-OH is 1. The molecule has 51 heavy (non-hydrogen) atoms. The third-order valence-electron chi connectivity index (χ3n) is 8.86. The van der Waals surface area contributed by atoms with E-state index in [-0.39, 0.29) is 42.2 Å². The van der Waals surface area contributed by atoms with E-state index < -0.39 is 34.1 Å². The fraction of sp³-hybridized carbons (Fsp3) is 0.459. The summed E-state index contributed by atoms with van der Waals surface area (Å²) in [5.41, 5.74) is 1.13.